The van der Waals surface area contributed by atoms with Crippen molar-refractivity contribution in [3.8, 4) is 28.3 Å². The van der Waals surface area contributed by atoms with Crippen molar-refractivity contribution in [2.45, 2.75) is 38.7 Å². The van der Waals surface area contributed by atoms with E-state index in [0.29, 0.717) is 40.0 Å². The molecule has 2 N–H and O–H groups in total. The first kappa shape index (κ1) is 41.0. The fraction of sp³-hybridized carbons (Fsp3) is 0.350. The Hall–Kier alpha value is -4.66. The summed E-state index contributed by atoms with van der Waals surface area (Å²) in [6, 6.07) is 14.4. The molecular formula is C40H40ClF2MnN7O5. The van der Waals surface area contributed by atoms with Crippen molar-refractivity contribution in [3.63, 3.8) is 0 Å². The van der Waals surface area contributed by atoms with E-state index in [2.05, 4.69) is 21.3 Å². The Morgan fingerprint density at radius 2 is 1.84 bits per heavy atom. The van der Waals surface area contributed by atoms with Gasteiger partial charge in [-0.3, -0.25) is 19.8 Å². The van der Waals surface area contributed by atoms with Crippen LogP contribution in [0.4, 0.5) is 20.3 Å². The summed E-state index contributed by atoms with van der Waals surface area (Å²) in [6.45, 7) is 4.06. The molecule has 7 rings (SSSR count). The minimum Gasteiger partial charge on any atom is -0.540 e. The van der Waals surface area contributed by atoms with Crippen molar-refractivity contribution in [1.82, 2.24) is 28.9 Å². The summed E-state index contributed by atoms with van der Waals surface area (Å²) in [5.41, 5.74) is 4.38. The van der Waals surface area contributed by atoms with E-state index in [4.69, 9.17) is 21.3 Å². The van der Waals surface area contributed by atoms with Crippen LogP contribution in [0, 0.1) is 12.8 Å². The average molecular weight is 827 g/mol. The number of anilines is 2. The zero-order valence-corrected chi connectivity index (χ0v) is 33.1. The van der Waals surface area contributed by atoms with Crippen LogP contribution in [0.3, 0.4) is 0 Å². The molecule has 293 valence electrons. The molecule has 1 amide bonds. The van der Waals surface area contributed by atoms with Gasteiger partial charge in [-0.05, 0) is 61.2 Å². The Morgan fingerprint density at radius 3 is 2.55 bits per heavy atom. The minimum atomic E-state index is -2.94. The zero-order chi connectivity index (χ0) is 39.1. The molecule has 3 aromatic heterocycles. The second-order valence-electron chi connectivity index (χ2n) is 13.9. The van der Waals surface area contributed by atoms with Crippen LogP contribution in [0.1, 0.15) is 47.7 Å². The molecule has 5 aromatic rings. The molecule has 0 bridgehead atoms. The molecule has 2 aliphatic rings. The number of pyridine rings is 2. The van der Waals surface area contributed by atoms with E-state index in [9.17, 15) is 28.3 Å². The number of aliphatic hydroxyl groups excluding tert-OH is 1. The number of hydrogen-bond acceptors (Lipinski definition) is 9. The molecule has 1 radical (unpaired) electrons. The van der Waals surface area contributed by atoms with Crippen LogP contribution >= 0.6 is 11.6 Å². The number of aliphatic hydroxyl groups is 1. The molecule has 1 aliphatic carbocycles. The number of nitrogens with zero attached hydrogens (tertiary/aromatic N) is 6. The summed E-state index contributed by atoms with van der Waals surface area (Å²) in [4.78, 5) is 50.2. The van der Waals surface area contributed by atoms with Gasteiger partial charge in [-0.15, -0.1) is 13.1 Å². The van der Waals surface area contributed by atoms with Crippen LogP contribution in [0.2, 0.25) is 5.02 Å². The van der Waals surface area contributed by atoms with Gasteiger partial charge >= 0.3 is 22.8 Å². The number of hydrogen-bond donors (Lipinski definition) is 2. The first-order valence-corrected chi connectivity index (χ1v) is 18.3. The number of carbonyl (C=O) groups excluding carboxylic acids is 1. The second-order valence-corrected chi connectivity index (χ2v) is 14.3. The van der Waals surface area contributed by atoms with Gasteiger partial charge in [-0.1, -0.05) is 41.9 Å². The van der Waals surface area contributed by atoms with Gasteiger partial charge in [0.05, 0.1) is 29.9 Å². The first-order valence-electron chi connectivity index (χ1n) is 17.9. The summed E-state index contributed by atoms with van der Waals surface area (Å²) in [6.07, 6.45) is 1.55. The maximum atomic E-state index is 14.0. The summed E-state index contributed by atoms with van der Waals surface area (Å²) in [5.74, 6) is 1.65. The van der Waals surface area contributed by atoms with E-state index in [1.807, 2.05) is 37.6 Å². The van der Waals surface area contributed by atoms with Crippen LogP contribution in [0.15, 0.2) is 58.1 Å². The summed E-state index contributed by atoms with van der Waals surface area (Å²) >= 11 is 7.21. The number of rotatable bonds is 12. The fourth-order valence-corrected chi connectivity index (χ4v) is 8.19. The van der Waals surface area contributed by atoms with Gasteiger partial charge in [-0.25, -0.2) is 23.5 Å². The Balaban J connectivity index is 0.00000532. The molecule has 1 fully saturated rings. The van der Waals surface area contributed by atoms with Crippen molar-refractivity contribution >= 4 is 40.4 Å². The van der Waals surface area contributed by atoms with Crippen LogP contribution in [0.5, 0.6) is 5.88 Å². The number of nitrogens with one attached hydrogen (secondary N) is 1. The molecule has 1 aliphatic heterocycles. The Labute approximate surface area is 337 Å². The van der Waals surface area contributed by atoms with Crippen LogP contribution in [-0.2, 0) is 42.4 Å². The van der Waals surface area contributed by atoms with Gasteiger partial charge < -0.3 is 29.8 Å². The molecule has 56 heavy (non-hydrogen) atoms. The topological polar surface area (TPSA) is 135 Å². The normalized spacial score (nSPS) is 15.6. The van der Waals surface area contributed by atoms with Crippen molar-refractivity contribution in [3.05, 3.63) is 103 Å². The van der Waals surface area contributed by atoms with Gasteiger partial charge in [0, 0.05) is 49.1 Å². The largest absolute Gasteiger partial charge is 2.00 e. The molecular weight excluding hydrogens is 787 g/mol. The monoisotopic (exact) mass is 826 g/mol. The predicted octanol–water partition coefficient (Wildman–Crippen LogP) is 5.64. The van der Waals surface area contributed by atoms with E-state index in [-0.39, 0.29) is 53.0 Å². The van der Waals surface area contributed by atoms with E-state index < -0.39 is 23.4 Å². The van der Waals surface area contributed by atoms with Gasteiger partial charge in [0.2, 0.25) is 5.88 Å². The number of ether oxygens (including phenoxy) is 1. The van der Waals surface area contributed by atoms with Crippen LogP contribution < -0.4 is 21.3 Å². The fourth-order valence-electron chi connectivity index (χ4n) is 7.87. The average Bonchev–Trinajstić information content (AvgIpc) is 3.83. The van der Waals surface area contributed by atoms with Crippen molar-refractivity contribution in [1.29, 1.82) is 0 Å². The molecule has 16 heteroatoms. The molecule has 1 saturated heterocycles. The number of amides is 1. The standard InChI is InChI=1S/C40H40ClF2N7O5.Mn/c1-22-25(7-6-10-28(22)44-37-34-32(18-30(45-37)36(42)43)47(2)40(54)48(3)39(34)53)26-8-5-9-27(35(26)41)29-17-24-11-12-31(33(24)38(46-29)55-4)50-14-13-23(20-50)19-49(21-52)15-16-51;/h5-10,17-18,31,36,51H,11-16,19-20H2,1-4H3,(H,44,45);/q-2;+2/t31-;/m0./s1. The summed E-state index contributed by atoms with van der Waals surface area (Å²) < 4.78 is 36.0. The van der Waals surface area contributed by atoms with Gasteiger partial charge in [0.25, 0.3) is 12.0 Å². The number of aromatic nitrogens is 4. The zero-order valence-electron chi connectivity index (χ0n) is 31.2. The smallest absolute Gasteiger partial charge is 0.540 e. The second kappa shape index (κ2) is 16.8. The molecule has 2 aromatic carbocycles. The Bertz CT molecular complexity index is 2430. The number of methoxy groups -OCH3 is 1. The van der Waals surface area contributed by atoms with Crippen molar-refractivity contribution in [2.24, 2.45) is 14.1 Å². The van der Waals surface area contributed by atoms with Gasteiger partial charge in [0.1, 0.15) is 16.9 Å². The number of halogens is 3. The SMILES string of the molecule is COc1nc(-c2cccc(-c3cccc(Nc4nc(C(F)F)cc5c4c(=O)n(C)c(=O)n5C)c3C)c2Cl)cc2c1[C@@H](N1CC[C-](CN([C-]=O)CCO)C1)CC2.[Mn+2]. The minimum absolute atomic E-state index is 0. The van der Waals surface area contributed by atoms with Crippen LogP contribution in [0.25, 0.3) is 33.3 Å². The summed E-state index contributed by atoms with van der Waals surface area (Å²) in [7, 11) is 4.36. The van der Waals surface area contributed by atoms with E-state index in [0.717, 1.165) is 69.8 Å². The van der Waals surface area contributed by atoms with E-state index >= 15 is 0 Å². The number of aryl methyl sites for hydroxylation is 2. The quantitative estimate of drug-likeness (QED) is 0.0932. The third-order valence-electron chi connectivity index (χ3n) is 10.7. The van der Waals surface area contributed by atoms with E-state index in [1.165, 1.54) is 24.9 Å². The van der Waals surface area contributed by atoms with Crippen molar-refractivity contribution in [2.75, 3.05) is 45.2 Å². The maximum Gasteiger partial charge on any atom is 2.00 e. The number of benzene rings is 2. The first-order chi connectivity index (χ1) is 26.4. The molecule has 12 nitrogen and oxygen atoms in total. The number of likely N-dealkylation sites (tertiary alicyclic amines) is 1. The molecule has 4 heterocycles. The number of fused-ring (bicyclic) bond motifs is 2. The molecule has 1 atom stereocenters. The predicted molar refractivity (Wildman–Crippen MR) is 207 cm³/mol. The Morgan fingerprint density at radius 1 is 1.11 bits per heavy atom. The third kappa shape index (κ3) is 7.46. The van der Waals surface area contributed by atoms with Crippen molar-refractivity contribution < 1.29 is 40.5 Å². The van der Waals surface area contributed by atoms with Crippen LogP contribution in [-0.4, -0.2) is 80.3 Å². The van der Waals surface area contributed by atoms with Gasteiger partial charge in [-0.2, -0.15) is 12.8 Å². The number of alkyl halides is 2. The molecule has 0 spiro atoms. The van der Waals surface area contributed by atoms with Gasteiger partial charge in [0.15, 0.2) is 0 Å². The molecule has 0 saturated carbocycles. The molecule has 0 unspecified atom stereocenters. The Kier molecular flexibility index (Phi) is 12.3. The maximum absolute atomic E-state index is 14.0. The third-order valence-corrected chi connectivity index (χ3v) is 11.1. The summed E-state index contributed by atoms with van der Waals surface area (Å²) in [5, 5.41) is 12.8. The van der Waals surface area contributed by atoms with E-state index in [1.54, 1.807) is 19.2 Å².